The summed E-state index contributed by atoms with van der Waals surface area (Å²) in [5, 5.41) is 1.16. The molecule has 3 atom stereocenters. The number of nitrogens with zero attached hydrogens (tertiary/aromatic N) is 5. The number of para-hydroxylation sites is 1. The minimum Gasteiger partial charge on any atom is -0.494 e. The lowest BCUT2D eigenvalue weighted by Crippen LogP contribution is -2.51. The van der Waals surface area contributed by atoms with Crippen LogP contribution in [0.25, 0.3) is 33.5 Å². The summed E-state index contributed by atoms with van der Waals surface area (Å²) in [6, 6.07) is 20.4. The van der Waals surface area contributed by atoms with Gasteiger partial charge in [-0.25, -0.2) is 9.37 Å². The van der Waals surface area contributed by atoms with Crippen LogP contribution in [0.3, 0.4) is 0 Å². The maximum atomic E-state index is 13.9. The molecule has 2 amide bonds. The number of carbonyl (C=O) groups excluding carboxylic acids is 2. The van der Waals surface area contributed by atoms with Gasteiger partial charge in [-0.3, -0.25) is 9.59 Å². The molecule has 2 unspecified atom stereocenters. The van der Waals surface area contributed by atoms with Crippen molar-refractivity contribution in [3.63, 3.8) is 0 Å². The molecule has 0 radical (unpaired) electrons. The molecule has 9 nitrogen and oxygen atoms in total. The summed E-state index contributed by atoms with van der Waals surface area (Å²) in [6.45, 7) is 3.33. The van der Waals surface area contributed by atoms with E-state index in [1.807, 2.05) is 17.0 Å². The van der Waals surface area contributed by atoms with E-state index in [4.69, 9.17) is 15.5 Å². The van der Waals surface area contributed by atoms with Gasteiger partial charge in [0.25, 0.3) is 11.8 Å². The fourth-order valence-electron chi connectivity index (χ4n) is 8.39. The zero-order valence-electron chi connectivity index (χ0n) is 27.0. The summed E-state index contributed by atoms with van der Waals surface area (Å²) in [7, 11) is 1.64. The van der Waals surface area contributed by atoms with Crippen molar-refractivity contribution >= 4 is 33.8 Å². The first-order valence-electron chi connectivity index (χ1n) is 17.1. The van der Waals surface area contributed by atoms with Crippen molar-refractivity contribution in [3.8, 4) is 17.3 Å². The number of likely N-dealkylation sites (tertiary alicyclic amines) is 2. The SMILES string of the molecule is COc1cc(C(=O)N2CC3CCC2[C@@H]3N)cc2nc(-c3cc4ccccc4n3CC3CC3)n(CC3CN(C(=O)c4cccc(F)c4)C3)c12. The number of aromatic nitrogens is 3. The normalized spacial score (nSPS) is 22.2. The van der Waals surface area contributed by atoms with Crippen molar-refractivity contribution in [2.24, 2.45) is 23.5 Å². The minimum absolute atomic E-state index is 0.0257. The number of imidazole rings is 1. The van der Waals surface area contributed by atoms with Crippen molar-refractivity contribution in [2.75, 3.05) is 26.7 Å². The Morgan fingerprint density at radius 1 is 0.875 bits per heavy atom. The number of methoxy groups -OCH3 is 1. The first-order valence-corrected chi connectivity index (χ1v) is 17.1. The predicted molar refractivity (Wildman–Crippen MR) is 181 cm³/mol. The smallest absolute Gasteiger partial charge is 0.254 e. The number of benzene rings is 3. The second-order valence-electron chi connectivity index (χ2n) is 14.3. The number of hydrogen-bond donors (Lipinski definition) is 1. The molecule has 4 fully saturated rings. The Labute approximate surface area is 278 Å². The number of nitrogens with two attached hydrogens (primary N) is 1. The van der Waals surface area contributed by atoms with Crippen LogP contribution in [0.4, 0.5) is 4.39 Å². The quantitative estimate of drug-likeness (QED) is 0.239. The fraction of sp³-hybridized carbons (Fsp3) is 0.395. The molecule has 48 heavy (non-hydrogen) atoms. The maximum absolute atomic E-state index is 13.9. The van der Waals surface area contributed by atoms with Crippen LogP contribution >= 0.6 is 0 Å². The van der Waals surface area contributed by atoms with E-state index in [9.17, 15) is 14.0 Å². The van der Waals surface area contributed by atoms with E-state index < -0.39 is 5.82 Å². The van der Waals surface area contributed by atoms with E-state index in [1.165, 1.54) is 30.5 Å². The van der Waals surface area contributed by atoms with Gasteiger partial charge in [-0.1, -0.05) is 24.3 Å². The van der Waals surface area contributed by atoms with E-state index in [2.05, 4.69) is 39.5 Å². The molecular weight excluding hydrogens is 607 g/mol. The molecule has 2 aliphatic heterocycles. The third kappa shape index (κ3) is 4.79. The first kappa shape index (κ1) is 29.4. The fourth-order valence-corrected chi connectivity index (χ4v) is 8.39. The highest BCUT2D eigenvalue weighted by molar-refractivity contribution is 6.01. The van der Waals surface area contributed by atoms with Crippen LogP contribution in [0.1, 0.15) is 46.4 Å². The molecule has 2 aromatic heterocycles. The standard InChI is InChI=1S/C38H39FN6O3/c1-48-33-16-27(38(47)44-21-26-11-12-31(44)34(26)40)14-29-35(33)45(20-23-17-42(18-23)37(46)25-6-4-7-28(39)13-25)36(41-29)32-15-24-5-2-3-8-30(24)43(32)19-22-9-10-22/h2-8,13-16,22-23,26,31,34H,9-12,17-21,40H2,1H3/t26?,31?,34-/m1/s1. The molecule has 2 saturated heterocycles. The summed E-state index contributed by atoms with van der Waals surface area (Å²) in [4.78, 5) is 36.1. The maximum Gasteiger partial charge on any atom is 0.254 e. The van der Waals surface area contributed by atoms with Gasteiger partial charge in [0.1, 0.15) is 17.1 Å². The van der Waals surface area contributed by atoms with Gasteiger partial charge in [-0.2, -0.15) is 0 Å². The lowest BCUT2D eigenvalue weighted by Gasteiger charge is -2.39. The molecule has 2 aliphatic carbocycles. The number of fused-ring (bicyclic) bond motifs is 4. The molecule has 3 aromatic carbocycles. The Morgan fingerprint density at radius 2 is 1.69 bits per heavy atom. The Bertz CT molecular complexity index is 2090. The van der Waals surface area contributed by atoms with Crippen LogP contribution in [0, 0.1) is 23.6 Å². The van der Waals surface area contributed by atoms with Gasteiger partial charge in [0.05, 0.1) is 18.3 Å². The number of amides is 2. The number of piperidine rings is 1. The van der Waals surface area contributed by atoms with Crippen LogP contribution in [0.2, 0.25) is 0 Å². The van der Waals surface area contributed by atoms with Gasteiger partial charge in [0.2, 0.25) is 0 Å². The number of ether oxygens (including phenoxy) is 1. The second kappa shape index (κ2) is 11.2. The van der Waals surface area contributed by atoms with Gasteiger partial charge in [0.15, 0.2) is 5.82 Å². The summed E-state index contributed by atoms with van der Waals surface area (Å²) in [5.74, 6) is 1.98. The van der Waals surface area contributed by atoms with E-state index >= 15 is 0 Å². The zero-order chi connectivity index (χ0) is 32.7. The van der Waals surface area contributed by atoms with Gasteiger partial charge in [0, 0.05) is 72.8 Å². The van der Waals surface area contributed by atoms with Crippen molar-refractivity contribution in [3.05, 3.63) is 83.7 Å². The van der Waals surface area contributed by atoms with E-state index in [1.54, 1.807) is 24.1 Å². The van der Waals surface area contributed by atoms with E-state index in [0.29, 0.717) is 60.4 Å². The molecule has 9 rings (SSSR count). The molecule has 246 valence electrons. The number of hydrogen-bond acceptors (Lipinski definition) is 5. The molecule has 4 aliphatic rings. The highest BCUT2D eigenvalue weighted by atomic mass is 19.1. The highest BCUT2D eigenvalue weighted by Gasteiger charge is 2.47. The predicted octanol–water partition coefficient (Wildman–Crippen LogP) is 5.55. The Balaban J connectivity index is 1.12. The molecule has 4 heterocycles. The lowest BCUT2D eigenvalue weighted by atomic mass is 9.98. The van der Waals surface area contributed by atoms with Crippen LogP contribution in [-0.4, -0.2) is 74.6 Å². The van der Waals surface area contributed by atoms with Gasteiger partial charge < -0.3 is 29.4 Å². The Kier molecular flexibility index (Phi) is 6.86. The second-order valence-corrected chi connectivity index (χ2v) is 14.3. The molecule has 10 heteroatoms. The van der Waals surface area contributed by atoms with Crippen LogP contribution in [-0.2, 0) is 13.1 Å². The average molecular weight is 647 g/mol. The molecular formula is C38H39FN6O3. The van der Waals surface area contributed by atoms with Crippen molar-refractivity contribution in [2.45, 2.75) is 50.9 Å². The largest absolute Gasteiger partial charge is 0.494 e. The summed E-state index contributed by atoms with van der Waals surface area (Å²) in [6.07, 6.45) is 4.47. The molecule has 5 aromatic rings. The van der Waals surface area contributed by atoms with Crippen molar-refractivity contribution in [1.29, 1.82) is 0 Å². The van der Waals surface area contributed by atoms with Gasteiger partial charge >= 0.3 is 0 Å². The van der Waals surface area contributed by atoms with Crippen LogP contribution < -0.4 is 10.5 Å². The topological polar surface area (TPSA) is 98.6 Å². The Hall–Kier alpha value is -4.70. The number of rotatable bonds is 8. The summed E-state index contributed by atoms with van der Waals surface area (Å²) >= 11 is 0. The Morgan fingerprint density at radius 3 is 2.42 bits per heavy atom. The lowest BCUT2D eigenvalue weighted by molar-refractivity contribution is 0.0471. The number of halogens is 1. The van der Waals surface area contributed by atoms with Crippen LogP contribution in [0.15, 0.2) is 66.7 Å². The third-order valence-electron chi connectivity index (χ3n) is 11.1. The highest BCUT2D eigenvalue weighted by Crippen LogP contribution is 2.41. The van der Waals surface area contributed by atoms with E-state index in [-0.39, 0.29) is 29.8 Å². The minimum atomic E-state index is -0.418. The molecule has 2 bridgehead atoms. The molecule has 0 spiro atoms. The monoisotopic (exact) mass is 646 g/mol. The zero-order valence-corrected chi connectivity index (χ0v) is 27.0. The summed E-state index contributed by atoms with van der Waals surface area (Å²) in [5.41, 5.74) is 11.1. The van der Waals surface area contributed by atoms with Crippen molar-refractivity contribution < 1.29 is 18.7 Å². The summed E-state index contributed by atoms with van der Waals surface area (Å²) < 4.78 is 24.5. The third-order valence-corrected chi connectivity index (χ3v) is 11.1. The van der Waals surface area contributed by atoms with Gasteiger partial charge in [-0.05, 0) is 80.0 Å². The average Bonchev–Trinajstić information content (AvgIpc) is 3.43. The van der Waals surface area contributed by atoms with Crippen molar-refractivity contribution in [1.82, 2.24) is 23.9 Å². The van der Waals surface area contributed by atoms with Gasteiger partial charge in [-0.15, -0.1) is 0 Å². The number of carbonyl (C=O) groups is 2. The molecule has 2 N–H and O–H groups in total. The van der Waals surface area contributed by atoms with Crippen LogP contribution in [0.5, 0.6) is 5.75 Å². The van der Waals surface area contributed by atoms with E-state index in [0.717, 1.165) is 41.8 Å². The molecule has 2 saturated carbocycles. The first-order chi connectivity index (χ1) is 23.4.